The number of hydrogen-bond acceptors (Lipinski definition) is 10. The lowest BCUT2D eigenvalue weighted by molar-refractivity contribution is -0.145. The summed E-state index contributed by atoms with van der Waals surface area (Å²) in [4.78, 5) is 59.8. The summed E-state index contributed by atoms with van der Waals surface area (Å²) in [5, 5.41) is 2.53. The van der Waals surface area contributed by atoms with Crippen LogP contribution in [0.15, 0.2) is 54.3 Å². The average molecular weight is 530 g/mol. The maximum absolute atomic E-state index is 13.0. The maximum atomic E-state index is 13.0. The van der Waals surface area contributed by atoms with Gasteiger partial charge >= 0.3 is 23.9 Å². The lowest BCUT2D eigenvalue weighted by atomic mass is 10.1. The zero-order valence-electron chi connectivity index (χ0n) is 20.8. The van der Waals surface area contributed by atoms with Gasteiger partial charge in [0.25, 0.3) is 5.91 Å². The van der Waals surface area contributed by atoms with Crippen LogP contribution in [0.5, 0.6) is 11.5 Å². The molecule has 0 saturated heterocycles. The van der Waals surface area contributed by atoms with Gasteiger partial charge in [-0.2, -0.15) is 11.8 Å². The minimum atomic E-state index is -1.02. The van der Waals surface area contributed by atoms with Gasteiger partial charge in [0.05, 0.1) is 7.11 Å². The third kappa shape index (κ3) is 10.2. The minimum Gasteiger partial charge on any atom is -0.467 e. The molecule has 37 heavy (non-hydrogen) atoms. The Labute approximate surface area is 218 Å². The van der Waals surface area contributed by atoms with E-state index in [0.29, 0.717) is 5.75 Å². The number of nitrogens with one attached hydrogen (secondary N) is 1. The normalized spacial score (nSPS) is 11.6. The van der Waals surface area contributed by atoms with Crippen molar-refractivity contribution in [3.05, 3.63) is 65.4 Å². The summed E-state index contributed by atoms with van der Waals surface area (Å²) < 4.78 is 20.0. The van der Waals surface area contributed by atoms with Crippen molar-refractivity contribution < 1.29 is 42.9 Å². The van der Waals surface area contributed by atoms with Crippen molar-refractivity contribution >= 4 is 47.6 Å². The number of methoxy groups -OCH3 is 1. The Morgan fingerprint density at radius 1 is 0.892 bits per heavy atom. The van der Waals surface area contributed by atoms with Crippen LogP contribution < -0.4 is 14.8 Å². The molecular weight excluding hydrogens is 502 g/mol. The molecule has 1 atom stereocenters. The molecule has 2 aromatic carbocycles. The molecule has 10 nitrogen and oxygen atoms in total. The van der Waals surface area contributed by atoms with Crippen LogP contribution in [0.2, 0.25) is 0 Å². The van der Waals surface area contributed by atoms with Gasteiger partial charge in [-0.1, -0.05) is 36.4 Å². The highest BCUT2D eigenvalue weighted by Crippen LogP contribution is 2.30. The van der Waals surface area contributed by atoms with Gasteiger partial charge in [0.1, 0.15) is 6.04 Å². The van der Waals surface area contributed by atoms with Crippen LogP contribution in [0.25, 0.3) is 6.08 Å². The first-order valence-electron chi connectivity index (χ1n) is 11.0. The second-order valence-electron chi connectivity index (χ2n) is 7.55. The smallest absolute Gasteiger partial charge is 0.329 e. The van der Waals surface area contributed by atoms with Crippen molar-refractivity contribution in [3.63, 3.8) is 0 Å². The van der Waals surface area contributed by atoms with E-state index in [4.69, 9.17) is 18.9 Å². The molecule has 0 bridgehead atoms. The lowest BCUT2D eigenvalue weighted by Gasteiger charge is -2.17. The molecule has 1 amide bonds. The van der Waals surface area contributed by atoms with Crippen molar-refractivity contribution in [2.75, 3.05) is 12.9 Å². The molecule has 0 fully saturated rings. The van der Waals surface area contributed by atoms with Crippen molar-refractivity contribution in [2.45, 2.75) is 32.6 Å². The summed E-state index contributed by atoms with van der Waals surface area (Å²) in [5.74, 6) is -3.28. The number of amides is 1. The zero-order chi connectivity index (χ0) is 27.4. The first-order valence-corrected chi connectivity index (χ1v) is 12.2. The molecule has 11 heteroatoms. The Morgan fingerprint density at radius 3 is 2.14 bits per heavy atom. The number of benzene rings is 2. The summed E-state index contributed by atoms with van der Waals surface area (Å²) in [6.45, 7) is 3.47. The molecule has 0 saturated carbocycles. The SMILES string of the molecule is COC(=O)C(CSCc1ccccc1)NC(=O)/C(=C/c1ccc(OC(C)=O)c(OC(C)=O)c1)OC(C)=O. The largest absolute Gasteiger partial charge is 0.467 e. The summed E-state index contributed by atoms with van der Waals surface area (Å²) in [7, 11) is 1.20. The molecular formula is C26H27NO9S. The predicted molar refractivity (Wildman–Crippen MR) is 135 cm³/mol. The van der Waals surface area contributed by atoms with Crippen molar-refractivity contribution in [1.29, 1.82) is 0 Å². The number of carbonyl (C=O) groups excluding carboxylic acids is 5. The van der Waals surface area contributed by atoms with E-state index in [1.165, 1.54) is 57.0 Å². The number of ether oxygens (including phenoxy) is 4. The van der Waals surface area contributed by atoms with Gasteiger partial charge in [0.15, 0.2) is 17.3 Å². The fourth-order valence-electron chi connectivity index (χ4n) is 2.94. The number of carbonyl (C=O) groups is 5. The molecule has 0 heterocycles. The first-order chi connectivity index (χ1) is 17.6. The number of hydrogen-bond donors (Lipinski definition) is 1. The van der Waals surface area contributed by atoms with Gasteiger partial charge in [-0.25, -0.2) is 4.79 Å². The van der Waals surface area contributed by atoms with Gasteiger partial charge in [0.2, 0.25) is 0 Å². The highest BCUT2D eigenvalue weighted by atomic mass is 32.2. The van der Waals surface area contributed by atoms with Crippen LogP contribution in [0.4, 0.5) is 0 Å². The van der Waals surface area contributed by atoms with E-state index in [1.54, 1.807) is 0 Å². The van der Waals surface area contributed by atoms with Crippen LogP contribution in [0.3, 0.4) is 0 Å². The molecule has 196 valence electrons. The Bertz CT molecular complexity index is 1180. The van der Waals surface area contributed by atoms with Crippen LogP contribution in [0, 0.1) is 0 Å². The molecule has 0 spiro atoms. The first kappa shape index (κ1) is 29.1. The fraction of sp³-hybridized carbons (Fsp3) is 0.269. The van der Waals surface area contributed by atoms with E-state index >= 15 is 0 Å². The van der Waals surface area contributed by atoms with Gasteiger partial charge in [-0.15, -0.1) is 0 Å². The van der Waals surface area contributed by atoms with Gasteiger partial charge < -0.3 is 24.3 Å². The number of esters is 4. The Kier molecular flexibility index (Phi) is 11.4. The molecule has 0 aliphatic rings. The van der Waals surface area contributed by atoms with Gasteiger partial charge in [-0.05, 0) is 29.3 Å². The zero-order valence-corrected chi connectivity index (χ0v) is 21.6. The number of thioether (sulfide) groups is 1. The predicted octanol–water partition coefficient (Wildman–Crippen LogP) is 3.03. The standard InChI is InChI=1S/C26H27NO9S/c1-16(28)34-22-11-10-20(12-23(22)35-17(2)29)13-24(36-18(3)30)25(31)27-21(26(32)33-4)15-37-14-19-8-6-5-7-9-19/h5-13,21H,14-15H2,1-4H3,(H,27,31)/b24-13-. The third-order valence-electron chi connectivity index (χ3n) is 4.44. The molecule has 0 radical (unpaired) electrons. The van der Waals surface area contributed by atoms with Crippen molar-refractivity contribution in [2.24, 2.45) is 0 Å². The fourth-order valence-corrected chi connectivity index (χ4v) is 3.95. The van der Waals surface area contributed by atoms with E-state index in [0.717, 1.165) is 12.5 Å². The van der Waals surface area contributed by atoms with Crippen LogP contribution >= 0.6 is 11.8 Å². The highest BCUT2D eigenvalue weighted by Gasteiger charge is 2.25. The molecule has 0 aliphatic carbocycles. The Balaban J connectivity index is 2.27. The van der Waals surface area contributed by atoms with Crippen LogP contribution in [-0.2, 0) is 39.2 Å². The Morgan fingerprint density at radius 2 is 1.54 bits per heavy atom. The van der Waals surface area contributed by atoms with Crippen LogP contribution in [-0.4, -0.2) is 48.7 Å². The lowest BCUT2D eigenvalue weighted by Crippen LogP contribution is -2.44. The maximum Gasteiger partial charge on any atom is 0.329 e. The van der Waals surface area contributed by atoms with Gasteiger partial charge in [0, 0.05) is 32.3 Å². The summed E-state index contributed by atoms with van der Waals surface area (Å²) in [5.41, 5.74) is 1.33. The molecule has 0 aliphatic heterocycles. The van der Waals surface area contributed by atoms with E-state index < -0.39 is 41.6 Å². The van der Waals surface area contributed by atoms with Crippen LogP contribution in [0.1, 0.15) is 31.9 Å². The van der Waals surface area contributed by atoms with E-state index in [1.807, 2.05) is 30.3 Å². The topological polar surface area (TPSA) is 134 Å². The monoisotopic (exact) mass is 529 g/mol. The third-order valence-corrected chi connectivity index (χ3v) is 5.54. The minimum absolute atomic E-state index is 0.0143. The highest BCUT2D eigenvalue weighted by molar-refractivity contribution is 7.98. The molecule has 2 aromatic rings. The quantitative estimate of drug-likeness (QED) is 0.200. The summed E-state index contributed by atoms with van der Waals surface area (Å²) in [6.07, 6.45) is 1.22. The summed E-state index contributed by atoms with van der Waals surface area (Å²) in [6, 6.07) is 12.7. The van der Waals surface area contributed by atoms with Crippen molar-refractivity contribution in [3.8, 4) is 11.5 Å². The molecule has 1 N–H and O–H groups in total. The molecule has 2 rings (SSSR count). The number of rotatable bonds is 11. The average Bonchev–Trinajstić information content (AvgIpc) is 2.83. The summed E-state index contributed by atoms with van der Waals surface area (Å²) >= 11 is 1.41. The van der Waals surface area contributed by atoms with E-state index in [2.05, 4.69) is 5.32 Å². The molecule has 1 unspecified atom stereocenters. The molecule has 0 aromatic heterocycles. The van der Waals surface area contributed by atoms with Crippen molar-refractivity contribution in [1.82, 2.24) is 5.32 Å². The van der Waals surface area contributed by atoms with E-state index in [9.17, 15) is 24.0 Å². The van der Waals surface area contributed by atoms with E-state index in [-0.39, 0.29) is 22.8 Å². The Hall–Kier alpha value is -4.12. The second kappa shape index (κ2) is 14.4. The second-order valence-corrected chi connectivity index (χ2v) is 8.58. The van der Waals surface area contributed by atoms with Gasteiger partial charge in [-0.3, -0.25) is 19.2 Å².